The van der Waals surface area contributed by atoms with Gasteiger partial charge in [-0.2, -0.15) is 0 Å². The summed E-state index contributed by atoms with van der Waals surface area (Å²) in [5, 5.41) is 3.14. The van der Waals surface area contributed by atoms with Crippen LogP contribution in [0.3, 0.4) is 0 Å². The number of pyridine rings is 1. The number of nitrogens with zero attached hydrogens (tertiary/aromatic N) is 1. The summed E-state index contributed by atoms with van der Waals surface area (Å²) in [5.74, 6) is 0.219. The topological polar surface area (TPSA) is 60.5 Å². The Hall–Kier alpha value is -1.62. The van der Waals surface area contributed by atoms with Crippen molar-refractivity contribution in [3.05, 3.63) is 23.9 Å². The Morgan fingerprint density at radius 3 is 2.95 bits per heavy atom. The largest absolute Gasteiger partial charge is 0.462 e. The van der Waals surface area contributed by atoms with Crippen LogP contribution < -0.4 is 5.32 Å². The molecule has 0 radical (unpaired) electrons. The van der Waals surface area contributed by atoms with Crippen LogP contribution in [0.15, 0.2) is 18.3 Å². The highest BCUT2D eigenvalue weighted by atomic mass is 16.5. The van der Waals surface area contributed by atoms with E-state index in [9.17, 15) is 4.79 Å². The minimum absolute atomic E-state index is 0.347. The minimum Gasteiger partial charge on any atom is -0.462 e. The molecule has 1 heterocycles. The zero-order chi connectivity index (χ0) is 13.9. The highest BCUT2D eigenvalue weighted by Gasteiger charge is 2.12. The van der Waals surface area contributed by atoms with Crippen molar-refractivity contribution in [3.8, 4) is 0 Å². The first-order valence-electron chi connectivity index (χ1n) is 6.73. The van der Waals surface area contributed by atoms with E-state index in [0.717, 1.165) is 19.4 Å². The molecule has 1 N–H and O–H groups in total. The summed E-state index contributed by atoms with van der Waals surface area (Å²) in [6.07, 6.45) is 3.55. The molecule has 0 atom stereocenters. The fourth-order valence-electron chi connectivity index (χ4n) is 1.55. The predicted molar refractivity (Wildman–Crippen MR) is 74.4 cm³/mol. The third-order valence-electron chi connectivity index (χ3n) is 2.41. The standard InChI is InChI=1S/C14H22N2O3/c1-3-10-18-11-6-9-16-13-12(7-5-8-15-13)14(17)19-4-2/h5,7-8H,3-4,6,9-11H2,1-2H3,(H,15,16). The van der Waals surface area contributed by atoms with Crippen molar-refractivity contribution in [1.29, 1.82) is 0 Å². The number of carbonyl (C=O) groups excluding carboxylic acids is 1. The molecule has 0 aliphatic heterocycles. The molecule has 0 bridgehead atoms. The van der Waals surface area contributed by atoms with Crippen molar-refractivity contribution < 1.29 is 14.3 Å². The van der Waals surface area contributed by atoms with E-state index < -0.39 is 0 Å². The molecule has 0 fully saturated rings. The fourth-order valence-corrected chi connectivity index (χ4v) is 1.55. The van der Waals surface area contributed by atoms with E-state index in [0.29, 0.717) is 31.1 Å². The molecule has 1 aromatic heterocycles. The number of ether oxygens (including phenoxy) is 2. The number of rotatable bonds is 9. The van der Waals surface area contributed by atoms with Crippen LogP contribution in [-0.2, 0) is 9.47 Å². The fraction of sp³-hybridized carbons (Fsp3) is 0.571. The predicted octanol–water partition coefficient (Wildman–Crippen LogP) is 2.49. The summed E-state index contributed by atoms with van der Waals surface area (Å²) in [4.78, 5) is 15.9. The van der Waals surface area contributed by atoms with E-state index in [-0.39, 0.29) is 5.97 Å². The summed E-state index contributed by atoms with van der Waals surface area (Å²) in [7, 11) is 0. The molecule has 1 aromatic rings. The molecular formula is C14H22N2O3. The van der Waals surface area contributed by atoms with Crippen LogP contribution in [0, 0.1) is 0 Å². The molecular weight excluding hydrogens is 244 g/mol. The first kappa shape index (κ1) is 15.4. The molecule has 0 aliphatic rings. The monoisotopic (exact) mass is 266 g/mol. The quantitative estimate of drug-likeness (QED) is 0.549. The van der Waals surface area contributed by atoms with Gasteiger partial charge in [0.25, 0.3) is 0 Å². The Morgan fingerprint density at radius 1 is 1.37 bits per heavy atom. The number of hydrogen-bond donors (Lipinski definition) is 1. The van der Waals surface area contributed by atoms with Gasteiger partial charge in [0.1, 0.15) is 11.4 Å². The lowest BCUT2D eigenvalue weighted by molar-refractivity contribution is 0.0527. The Bertz CT molecular complexity index is 383. The Kier molecular flexibility index (Phi) is 7.58. The normalized spacial score (nSPS) is 10.2. The van der Waals surface area contributed by atoms with Crippen LogP contribution in [0.1, 0.15) is 37.0 Å². The highest BCUT2D eigenvalue weighted by molar-refractivity contribution is 5.94. The molecule has 5 nitrogen and oxygen atoms in total. The average Bonchev–Trinajstić information content (AvgIpc) is 2.43. The summed E-state index contributed by atoms with van der Waals surface area (Å²) >= 11 is 0. The van der Waals surface area contributed by atoms with Gasteiger partial charge in [-0.3, -0.25) is 0 Å². The lowest BCUT2D eigenvalue weighted by Crippen LogP contribution is -2.13. The SMILES string of the molecule is CCCOCCCNc1ncccc1C(=O)OCC. The molecule has 0 saturated carbocycles. The lowest BCUT2D eigenvalue weighted by Gasteiger charge is -2.10. The van der Waals surface area contributed by atoms with Gasteiger partial charge in [-0.15, -0.1) is 0 Å². The van der Waals surface area contributed by atoms with E-state index in [1.54, 1.807) is 25.3 Å². The number of aromatic nitrogens is 1. The maximum Gasteiger partial charge on any atom is 0.341 e. The molecule has 0 spiro atoms. The number of hydrogen-bond acceptors (Lipinski definition) is 5. The first-order chi connectivity index (χ1) is 9.29. The van der Waals surface area contributed by atoms with Crippen LogP contribution in [0.5, 0.6) is 0 Å². The third-order valence-corrected chi connectivity index (χ3v) is 2.41. The Labute approximate surface area is 114 Å². The summed E-state index contributed by atoms with van der Waals surface area (Å²) in [6, 6.07) is 3.43. The summed E-state index contributed by atoms with van der Waals surface area (Å²) in [6.45, 7) is 6.44. The van der Waals surface area contributed by atoms with Crippen molar-refractivity contribution in [3.63, 3.8) is 0 Å². The molecule has 0 saturated heterocycles. The second kappa shape index (κ2) is 9.33. The number of anilines is 1. The van der Waals surface area contributed by atoms with Crippen molar-refractivity contribution >= 4 is 11.8 Å². The van der Waals surface area contributed by atoms with E-state index in [1.807, 2.05) is 0 Å². The molecule has 0 aliphatic carbocycles. The van der Waals surface area contributed by atoms with Gasteiger partial charge >= 0.3 is 5.97 Å². The van der Waals surface area contributed by atoms with Gasteiger partial charge in [0, 0.05) is 26.0 Å². The molecule has 0 amide bonds. The minimum atomic E-state index is -0.347. The summed E-state index contributed by atoms with van der Waals surface area (Å²) in [5.41, 5.74) is 0.471. The number of esters is 1. The molecule has 0 aromatic carbocycles. The van der Waals surface area contributed by atoms with Crippen LogP contribution in [-0.4, -0.2) is 37.3 Å². The maximum atomic E-state index is 11.7. The van der Waals surface area contributed by atoms with Crippen LogP contribution in [0.25, 0.3) is 0 Å². The molecule has 19 heavy (non-hydrogen) atoms. The van der Waals surface area contributed by atoms with E-state index >= 15 is 0 Å². The smallest absolute Gasteiger partial charge is 0.341 e. The second-order valence-corrected chi connectivity index (χ2v) is 4.01. The van der Waals surface area contributed by atoms with Crippen molar-refractivity contribution in [2.45, 2.75) is 26.7 Å². The third kappa shape index (κ3) is 5.70. The number of nitrogens with one attached hydrogen (secondary N) is 1. The first-order valence-corrected chi connectivity index (χ1v) is 6.73. The van der Waals surface area contributed by atoms with E-state index in [4.69, 9.17) is 9.47 Å². The van der Waals surface area contributed by atoms with Crippen molar-refractivity contribution in [1.82, 2.24) is 4.98 Å². The van der Waals surface area contributed by atoms with Crippen LogP contribution in [0.4, 0.5) is 5.82 Å². The van der Waals surface area contributed by atoms with Crippen LogP contribution >= 0.6 is 0 Å². The van der Waals surface area contributed by atoms with E-state index in [2.05, 4.69) is 17.2 Å². The lowest BCUT2D eigenvalue weighted by atomic mass is 10.2. The van der Waals surface area contributed by atoms with Gasteiger partial charge in [-0.1, -0.05) is 6.92 Å². The van der Waals surface area contributed by atoms with Gasteiger partial charge in [-0.25, -0.2) is 9.78 Å². The van der Waals surface area contributed by atoms with Gasteiger partial charge in [-0.05, 0) is 31.9 Å². The van der Waals surface area contributed by atoms with Gasteiger partial charge < -0.3 is 14.8 Å². The zero-order valence-corrected chi connectivity index (χ0v) is 11.6. The summed E-state index contributed by atoms with van der Waals surface area (Å²) < 4.78 is 10.4. The molecule has 5 heteroatoms. The van der Waals surface area contributed by atoms with Gasteiger partial charge in [0.15, 0.2) is 0 Å². The second-order valence-electron chi connectivity index (χ2n) is 4.01. The Balaban J connectivity index is 2.42. The average molecular weight is 266 g/mol. The molecule has 1 rings (SSSR count). The molecule has 106 valence electrons. The maximum absolute atomic E-state index is 11.7. The van der Waals surface area contributed by atoms with Crippen LogP contribution in [0.2, 0.25) is 0 Å². The van der Waals surface area contributed by atoms with Gasteiger partial charge in [0.05, 0.1) is 6.61 Å². The number of carbonyl (C=O) groups is 1. The highest BCUT2D eigenvalue weighted by Crippen LogP contribution is 2.12. The Morgan fingerprint density at radius 2 is 2.21 bits per heavy atom. The van der Waals surface area contributed by atoms with Crippen molar-refractivity contribution in [2.75, 3.05) is 31.7 Å². The van der Waals surface area contributed by atoms with E-state index in [1.165, 1.54) is 0 Å². The zero-order valence-electron chi connectivity index (χ0n) is 11.6. The van der Waals surface area contributed by atoms with Gasteiger partial charge in [0.2, 0.25) is 0 Å². The van der Waals surface area contributed by atoms with Crippen molar-refractivity contribution in [2.24, 2.45) is 0 Å². The molecule has 0 unspecified atom stereocenters.